The molecule has 0 amide bonds. The lowest BCUT2D eigenvalue weighted by Gasteiger charge is -1.97. The molecule has 0 atom stereocenters. The maximum Gasteiger partial charge on any atom is 0.329 e. The largest absolute Gasteiger partial charge is 0.378 e. The second kappa shape index (κ2) is 5.45. The Kier molecular flexibility index (Phi) is 3.72. The van der Waals surface area contributed by atoms with E-state index in [1.165, 1.54) is 0 Å². The lowest BCUT2D eigenvalue weighted by molar-refractivity contribution is -0.384. The third-order valence-corrected chi connectivity index (χ3v) is 2.52. The fraction of sp³-hybridized carbons (Fsp3) is 0. The second-order valence-corrected chi connectivity index (χ2v) is 4.08. The first kappa shape index (κ1) is 13.0. The topological polar surface area (TPSA) is 94.9 Å². The van der Waals surface area contributed by atoms with Crippen LogP contribution in [0.1, 0.15) is 11.4 Å². The molecule has 1 heterocycles. The zero-order valence-electron chi connectivity index (χ0n) is 9.65. The molecule has 0 aliphatic rings. The summed E-state index contributed by atoms with van der Waals surface area (Å²) in [7, 11) is 0. The van der Waals surface area contributed by atoms with Crippen LogP contribution >= 0.6 is 11.6 Å². The van der Waals surface area contributed by atoms with Crippen molar-refractivity contribution in [3.8, 4) is 0 Å². The molecule has 7 heteroatoms. The number of benzene rings is 1. The molecule has 19 heavy (non-hydrogen) atoms. The summed E-state index contributed by atoms with van der Waals surface area (Å²) < 4.78 is 0. The number of anilines is 1. The Labute approximate surface area is 113 Å². The first-order chi connectivity index (χ1) is 9.06. The zero-order chi connectivity index (χ0) is 13.8. The van der Waals surface area contributed by atoms with Crippen LogP contribution in [0.2, 0.25) is 5.02 Å². The van der Waals surface area contributed by atoms with Gasteiger partial charge in [0.15, 0.2) is 5.82 Å². The number of hydrogen-bond donors (Lipinski definition) is 1. The molecule has 1 aromatic carbocycles. The van der Waals surface area contributed by atoms with E-state index in [1.807, 2.05) is 12.1 Å². The summed E-state index contributed by atoms with van der Waals surface area (Å²) >= 11 is 5.85. The van der Waals surface area contributed by atoms with Crippen molar-refractivity contribution in [3.63, 3.8) is 0 Å². The van der Waals surface area contributed by atoms with Crippen molar-refractivity contribution in [2.75, 3.05) is 5.73 Å². The van der Waals surface area contributed by atoms with Gasteiger partial charge in [-0.05, 0) is 23.8 Å². The van der Waals surface area contributed by atoms with Crippen LogP contribution in [0.25, 0.3) is 12.2 Å². The monoisotopic (exact) mass is 276 g/mol. The van der Waals surface area contributed by atoms with Crippen molar-refractivity contribution in [2.45, 2.75) is 0 Å². The Hall–Kier alpha value is -2.47. The number of rotatable bonds is 3. The Balaban J connectivity index is 2.24. The highest BCUT2D eigenvalue weighted by Gasteiger charge is 2.12. The van der Waals surface area contributed by atoms with E-state index in [1.54, 1.807) is 24.3 Å². The molecule has 0 bridgehead atoms. The number of halogens is 1. The SMILES string of the molecule is Nc1nc(C=Cc2cccc(Cl)c2)ncc1[N+](=O)[O-]. The molecule has 0 fully saturated rings. The molecular formula is C12H9ClN4O2. The van der Waals surface area contributed by atoms with Crippen molar-refractivity contribution < 1.29 is 4.92 Å². The molecule has 0 saturated carbocycles. The van der Waals surface area contributed by atoms with Gasteiger partial charge in [0.1, 0.15) is 6.20 Å². The summed E-state index contributed by atoms with van der Waals surface area (Å²) in [6, 6.07) is 7.20. The number of nitrogens with two attached hydrogens (primary N) is 1. The average Bonchev–Trinajstić information content (AvgIpc) is 2.36. The van der Waals surface area contributed by atoms with Crippen LogP contribution in [0.15, 0.2) is 30.5 Å². The van der Waals surface area contributed by atoms with E-state index < -0.39 is 4.92 Å². The maximum atomic E-state index is 10.6. The van der Waals surface area contributed by atoms with E-state index in [2.05, 4.69) is 9.97 Å². The minimum absolute atomic E-state index is 0.161. The summed E-state index contributed by atoms with van der Waals surface area (Å²) in [6.07, 6.45) is 4.43. The van der Waals surface area contributed by atoms with Gasteiger partial charge in [-0.1, -0.05) is 29.8 Å². The molecule has 0 unspecified atom stereocenters. The summed E-state index contributed by atoms with van der Waals surface area (Å²) in [6.45, 7) is 0. The van der Waals surface area contributed by atoms with Gasteiger partial charge in [-0.3, -0.25) is 10.1 Å². The molecule has 1 aromatic heterocycles. The number of nitro groups is 1. The van der Waals surface area contributed by atoms with Gasteiger partial charge in [0.2, 0.25) is 5.82 Å². The highest BCUT2D eigenvalue weighted by Crippen LogP contribution is 2.18. The lowest BCUT2D eigenvalue weighted by atomic mass is 10.2. The first-order valence-corrected chi connectivity index (χ1v) is 5.64. The van der Waals surface area contributed by atoms with Gasteiger partial charge in [-0.15, -0.1) is 0 Å². The quantitative estimate of drug-likeness (QED) is 0.687. The van der Waals surface area contributed by atoms with E-state index in [4.69, 9.17) is 17.3 Å². The molecule has 0 radical (unpaired) electrons. The Morgan fingerprint density at radius 2 is 2.16 bits per heavy atom. The molecule has 2 rings (SSSR count). The van der Waals surface area contributed by atoms with Crippen molar-refractivity contribution in [3.05, 3.63) is 57.0 Å². The van der Waals surface area contributed by atoms with E-state index in [0.29, 0.717) is 10.8 Å². The summed E-state index contributed by atoms with van der Waals surface area (Å²) in [5, 5.41) is 11.2. The van der Waals surface area contributed by atoms with E-state index in [0.717, 1.165) is 11.8 Å². The Morgan fingerprint density at radius 1 is 1.37 bits per heavy atom. The minimum Gasteiger partial charge on any atom is -0.378 e. The number of nitrogens with zero attached hydrogens (tertiary/aromatic N) is 3. The Bertz CT molecular complexity index is 658. The molecule has 2 N–H and O–H groups in total. The predicted molar refractivity (Wildman–Crippen MR) is 73.5 cm³/mol. The van der Waals surface area contributed by atoms with Gasteiger partial charge in [0, 0.05) is 5.02 Å². The van der Waals surface area contributed by atoms with Crippen LogP contribution in [-0.2, 0) is 0 Å². The fourth-order valence-electron chi connectivity index (χ4n) is 1.40. The van der Waals surface area contributed by atoms with Gasteiger partial charge < -0.3 is 5.73 Å². The van der Waals surface area contributed by atoms with Gasteiger partial charge in [-0.2, -0.15) is 0 Å². The Morgan fingerprint density at radius 3 is 2.79 bits per heavy atom. The third kappa shape index (κ3) is 3.26. The van der Waals surface area contributed by atoms with Crippen LogP contribution in [0.4, 0.5) is 11.5 Å². The number of aromatic nitrogens is 2. The molecule has 0 saturated heterocycles. The molecule has 2 aromatic rings. The normalized spacial score (nSPS) is 10.8. The van der Waals surface area contributed by atoms with Crippen molar-refractivity contribution >= 4 is 35.3 Å². The number of nitrogen functional groups attached to an aromatic ring is 1. The molecular weight excluding hydrogens is 268 g/mol. The summed E-state index contributed by atoms with van der Waals surface area (Å²) in [4.78, 5) is 17.6. The van der Waals surface area contributed by atoms with Gasteiger partial charge in [0.05, 0.1) is 4.92 Å². The number of hydrogen-bond acceptors (Lipinski definition) is 5. The van der Waals surface area contributed by atoms with Crippen LogP contribution in [0, 0.1) is 10.1 Å². The van der Waals surface area contributed by atoms with Gasteiger partial charge in [0.25, 0.3) is 0 Å². The molecule has 96 valence electrons. The standard InChI is InChI=1S/C12H9ClN4O2/c13-9-3-1-2-8(6-9)4-5-11-15-7-10(17(18)19)12(14)16-11/h1-7H,(H2,14,15,16). The average molecular weight is 277 g/mol. The van der Waals surface area contributed by atoms with Gasteiger partial charge >= 0.3 is 5.69 Å². The second-order valence-electron chi connectivity index (χ2n) is 3.64. The third-order valence-electron chi connectivity index (χ3n) is 2.29. The van der Waals surface area contributed by atoms with Crippen LogP contribution in [0.5, 0.6) is 0 Å². The van der Waals surface area contributed by atoms with E-state index >= 15 is 0 Å². The molecule has 0 spiro atoms. The first-order valence-electron chi connectivity index (χ1n) is 5.27. The molecule has 0 aliphatic carbocycles. The van der Waals surface area contributed by atoms with E-state index in [9.17, 15) is 10.1 Å². The zero-order valence-corrected chi connectivity index (χ0v) is 10.4. The van der Waals surface area contributed by atoms with Crippen molar-refractivity contribution in [2.24, 2.45) is 0 Å². The summed E-state index contributed by atoms with van der Waals surface area (Å²) in [5.74, 6) is 0.133. The van der Waals surface area contributed by atoms with E-state index in [-0.39, 0.29) is 11.5 Å². The van der Waals surface area contributed by atoms with Crippen LogP contribution in [-0.4, -0.2) is 14.9 Å². The van der Waals surface area contributed by atoms with Crippen LogP contribution < -0.4 is 5.73 Å². The summed E-state index contributed by atoms with van der Waals surface area (Å²) in [5.41, 5.74) is 6.03. The maximum absolute atomic E-state index is 10.6. The predicted octanol–water partition coefficient (Wildman–Crippen LogP) is 2.79. The van der Waals surface area contributed by atoms with Gasteiger partial charge in [-0.25, -0.2) is 9.97 Å². The lowest BCUT2D eigenvalue weighted by Crippen LogP contribution is -2.01. The fourth-order valence-corrected chi connectivity index (χ4v) is 1.60. The molecule has 0 aliphatic heterocycles. The highest BCUT2D eigenvalue weighted by atomic mass is 35.5. The molecule has 6 nitrogen and oxygen atoms in total. The highest BCUT2D eigenvalue weighted by molar-refractivity contribution is 6.30. The van der Waals surface area contributed by atoms with Crippen molar-refractivity contribution in [1.82, 2.24) is 9.97 Å². The van der Waals surface area contributed by atoms with Crippen LogP contribution in [0.3, 0.4) is 0 Å². The van der Waals surface area contributed by atoms with Crippen molar-refractivity contribution in [1.29, 1.82) is 0 Å². The smallest absolute Gasteiger partial charge is 0.329 e. The minimum atomic E-state index is -0.625.